The zero-order valence-electron chi connectivity index (χ0n) is 31.9. The Morgan fingerprint density at radius 2 is 1.00 bits per heavy atom. The summed E-state index contributed by atoms with van der Waals surface area (Å²) in [5.41, 5.74) is 10.2. The molecule has 6 rings (SSSR count). The molecule has 1 aromatic heterocycles. The predicted molar refractivity (Wildman–Crippen MR) is 219 cm³/mol. The Balaban J connectivity index is 0.000000327. The second-order valence-electron chi connectivity index (χ2n) is 13.4. The van der Waals surface area contributed by atoms with Crippen LogP contribution in [0.25, 0.3) is 16.4 Å². The Labute approximate surface area is 328 Å². The quantitative estimate of drug-likeness (QED) is 0.111. The number of aryl methyl sites for hydroxylation is 1. The van der Waals surface area contributed by atoms with Gasteiger partial charge in [0.15, 0.2) is 0 Å². The number of imidazole rings is 1. The summed E-state index contributed by atoms with van der Waals surface area (Å²) in [6, 6.07) is 42.7. The molecule has 264 valence electrons. The first-order chi connectivity index (χ1) is 24.0. The van der Waals surface area contributed by atoms with Gasteiger partial charge in [-0.15, -0.1) is 47.8 Å². The molecule has 1 heterocycles. The standard InChI is InChI=1S/C26H36N3.3C7H7.Hf/c1-8-9-16-29-23-15-11-14-22(25(23)28-26(29)19(6)7)27-24-20(17(2)3)12-10-13-21(24)18(4)5;3*1-7-5-3-2-4-6-7;/h10-15,17-19H,8-9,16H2,1-7H3;3*2-6H,1H2;/q4*-1;+4. The topological polar surface area (TPSA) is 31.9 Å². The molecule has 6 aromatic rings. The van der Waals surface area contributed by atoms with Crippen LogP contribution >= 0.6 is 0 Å². The van der Waals surface area contributed by atoms with Crippen molar-refractivity contribution in [2.45, 2.75) is 85.6 Å². The largest absolute Gasteiger partial charge is 4.00 e. The van der Waals surface area contributed by atoms with Gasteiger partial charge in [0, 0.05) is 12.5 Å². The summed E-state index contributed by atoms with van der Waals surface area (Å²) in [6.45, 7) is 27.9. The smallest absolute Gasteiger partial charge is 0.656 e. The summed E-state index contributed by atoms with van der Waals surface area (Å²) in [7, 11) is 0. The van der Waals surface area contributed by atoms with Crippen LogP contribution in [0.4, 0.5) is 11.4 Å². The molecule has 0 N–H and O–H groups in total. The second kappa shape index (κ2) is 22.6. The van der Waals surface area contributed by atoms with E-state index in [9.17, 15) is 0 Å². The van der Waals surface area contributed by atoms with E-state index >= 15 is 0 Å². The van der Waals surface area contributed by atoms with Gasteiger partial charge >= 0.3 is 25.8 Å². The van der Waals surface area contributed by atoms with Crippen molar-refractivity contribution in [2.75, 3.05) is 0 Å². The molecule has 0 radical (unpaired) electrons. The fourth-order valence-corrected chi connectivity index (χ4v) is 5.43. The maximum absolute atomic E-state index is 5.23. The summed E-state index contributed by atoms with van der Waals surface area (Å²) < 4.78 is 2.40. The van der Waals surface area contributed by atoms with E-state index in [1.807, 2.05) is 91.0 Å². The van der Waals surface area contributed by atoms with Crippen molar-refractivity contribution in [3.05, 3.63) is 187 Å². The van der Waals surface area contributed by atoms with Gasteiger partial charge in [0.1, 0.15) is 5.82 Å². The van der Waals surface area contributed by atoms with Crippen LogP contribution in [0.1, 0.15) is 113 Å². The molecule has 0 aliphatic rings. The summed E-state index contributed by atoms with van der Waals surface area (Å²) in [5.74, 6) is 2.42. The van der Waals surface area contributed by atoms with Crippen molar-refractivity contribution in [1.29, 1.82) is 0 Å². The van der Waals surface area contributed by atoms with Gasteiger partial charge in [-0.2, -0.15) is 73.9 Å². The normalized spacial score (nSPS) is 10.3. The van der Waals surface area contributed by atoms with Crippen LogP contribution in [-0.4, -0.2) is 9.55 Å². The average molecular weight is 842 g/mol. The molecule has 0 unspecified atom stereocenters. The molecule has 0 amide bonds. The molecule has 0 atom stereocenters. The summed E-state index contributed by atoms with van der Waals surface area (Å²) >= 11 is 0. The second-order valence-corrected chi connectivity index (χ2v) is 13.4. The SMILES string of the molecule is CCCCn1c(C(C)C)nc2c([N-]c3c(C(C)C)cccc3C(C)C)cccc21.[CH2-]c1ccccc1.[CH2-]c1ccccc1.[CH2-]c1ccccc1.[Hf+4]. The third kappa shape index (κ3) is 13.8. The van der Waals surface area contributed by atoms with Gasteiger partial charge in [-0.05, 0) is 24.3 Å². The minimum Gasteiger partial charge on any atom is -0.656 e. The van der Waals surface area contributed by atoms with Gasteiger partial charge in [-0.1, -0.05) is 115 Å². The summed E-state index contributed by atoms with van der Waals surface area (Å²) in [4.78, 5) is 5.08. The van der Waals surface area contributed by atoms with Crippen molar-refractivity contribution in [2.24, 2.45) is 0 Å². The molecule has 4 heteroatoms. The van der Waals surface area contributed by atoms with Crippen molar-refractivity contribution in [1.82, 2.24) is 9.55 Å². The molecule has 0 saturated carbocycles. The molecule has 0 aliphatic heterocycles. The molecule has 0 spiro atoms. The number of hydrogen-bond acceptors (Lipinski definition) is 1. The molecule has 0 fully saturated rings. The third-order valence-electron chi connectivity index (χ3n) is 8.14. The first kappa shape index (κ1) is 43.0. The van der Waals surface area contributed by atoms with Crippen molar-refractivity contribution in [3.63, 3.8) is 0 Å². The number of rotatable bonds is 8. The Kier molecular flexibility index (Phi) is 19.1. The molecule has 3 nitrogen and oxygen atoms in total. The number of hydrogen-bond donors (Lipinski definition) is 0. The van der Waals surface area contributed by atoms with Gasteiger partial charge in [-0.3, -0.25) is 0 Å². The Morgan fingerprint density at radius 3 is 1.35 bits per heavy atom. The van der Waals surface area contributed by atoms with Gasteiger partial charge in [0.05, 0.1) is 11.0 Å². The maximum atomic E-state index is 5.23. The maximum Gasteiger partial charge on any atom is 4.00 e. The van der Waals surface area contributed by atoms with Crippen LogP contribution in [0.2, 0.25) is 0 Å². The van der Waals surface area contributed by atoms with Crippen molar-refractivity contribution < 1.29 is 25.8 Å². The number of fused-ring (bicyclic) bond motifs is 1. The fraction of sp³-hybridized carbons (Fsp3) is 0.277. The molecule has 0 aliphatic carbocycles. The fourth-order valence-electron chi connectivity index (χ4n) is 5.43. The predicted octanol–water partition coefficient (Wildman–Crippen LogP) is 14.1. The average Bonchev–Trinajstić information content (AvgIpc) is 3.49. The van der Waals surface area contributed by atoms with Crippen molar-refractivity contribution in [3.8, 4) is 0 Å². The zero-order valence-corrected chi connectivity index (χ0v) is 35.5. The number of aromatic nitrogens is 2. The van der Waals surface area contributed by atoms with Crippen LogP contribution in [0.5, 0.6) is 0 Å². The minimum atomic E-state index is 0. The number of benzene rings is 5. The molecule has 0 bridgehead atoms. The van der Waals surface area contributed by atoms with E-state index in [4.69, 9.17) is 10.3 Å². The summed E-state index contributed by atoms with van der Waals surface area (Å²) in [6.07, 6.45) is 2.35. The van der Waals surface area contributed by atoms with E-state index in [0.717, 1.165) is 46.0 Å². The third-order valence-corrected chi connectivity index (χ3v) is 8.14. The molecule has 0 saturated heterocycles. The number of para-hydroxylation sites is 2. The monoisotopic (exact) mass is 843 g/mol. The van der Waals surface area contributed by atoms with Crippen molar-refractivity contribution >= 4 is 22.4 Å². The Hall–Kier alpha value is -4.15. The van der Waals surface area contributed by atoms with Crippen LogP contribution in [0.15, 0.2) is 127 Å². The Morgan fingerprint density at radius 1 is 0.569 bits per heavy atom. The van der Waals surface area contributed by atoms with E-state index in [-0.39, 0.29) is 25.8 Å². The van der Waals surface area contributed by atoms with E-state index in [1.165, 1.54) is 29.5 Å². The molecule has 5 aromatic carbocycles. The van der Waals surface area contributed by atoms with E-state index < -0.39 is 0 Å². The van der Waals surface area contributed by atoms with Gasteiger partial charge in [-0.25, -0.2) is 4.98 Å². The van der Waals surface area contributed by atoms with Crippen LogP contribution < -0.4 is 0 Å². The summed E-state index contributed by atoms with van der Waals surface area (Å²) in [5, 5.41) is 5.23. The first-order valence-corrected chi connectivity index (χ1v) is 18.0. The van der Waals surface area contributed by atoms with E-state index in [2.05, 4.69) is 110 Å². The van der Waals surface area contributed by atoms with Crippen LogP contribution in [0.3, 0.4) is 0 Å². The molecular formula is C47H57HfN3. The van der Waals surface area contributed by atoms with Crippen LogP contribution in [0, 0.1) is 20.8 Å². The molecule has 51 heavy (non-hydrogen) atoms. The minimum absolute atomic E-state index is 0. The Bertz CT molecular complexity index is 1690. The van der Waals surface area contributed by atoms with E-state index in [1.54, 1.807) is 0 Å². The first-order valence-electron chi connectivity index (χ1n) is 18.0. The van der Waals surface area contributed by atoms with Gasteiger partial charge < -0.3 is 9.88 Å². The van der Waals surface area contributed by atoms with E-state index in [0.29, 0.717) is 17.8 Å². The van der Waals surface area contributed by atoms with Gasteiger partial charge in [0.25, 0.3) is 0 Å². The number of nitrogens with zero attached hydrogens (tertiary/aromatic N) is 3. The van der Waals surface area contributed by atoms with Crippen LogP contribution in [-0.2, 0) is 32.4 Å². The number of unbranched alkanes of at least 4 members (excludes halogenated alkanes) is 1. The molecular weight excluding hydrogens is 785 g/mol. The van der Waals surface area contributed by atoms with Gasteiger partial charge in [0.2, 0.25) is 0 Å². The zero-order chi connectivity index (χ0) is 36.5.